The van der Waals surface area contributed by atoms with Crippen LogP contribution in [-0.4, -0.2) is 30.2 Å². The number of halogens is 3. The lowest BCUT2D eigenvalue weighted by molar-refractivity contribution is -0.173. The summed E-state index contributed by atoms with van der Waals surface area (Å²) < 4.78 is 35.6. The molecule has 4 N–H and O–H groups in total. The highest BCUT2D eigenvalue weighted by Crippen LogP contribution is 2.14. The molecule has 0 aliphatic rings. The Morgan fingerprint density at radius 1 is 1.35 bits per heavy atom. The summed E-state index contributed by atoms with van der Waals surface area (Å²) in [5.41, 5.74) is 7.03. The predicted molar refractivity (Wildman–Crippen MR) is 70.2 cm³/mol. The molecular weight excluding hydrogens is 273 g/mol. The molecule has 5 nitrogen and oxygen atoms in total. The highest BCUT2D eigenvalue weighted by Gasteiger charge is 2.38. The lowest BCUT2D eigenvalue weighted by Gasteiger charge is -2.10. The van der Waals surface area contributed by atoms with E-state index in [4.69, 9.17) is 5.73 Å². The topological polar surface area (TPSA) is 80.0 Å². The third-order valence-corrected chi connectivity index (χ3v) is 2.54. The van der Waals surface area contributed by atoms with Gasteiger partial charge >= 0.3 is 12.1 Å². The Morgan fingerprint density at radius 3 is 2.60 bits per heavy atom. The van der Waals surface area contributed by atoms with E-state index in [0.29, 0.717) is 30.9 Å². The lowest BCUT2D eigenvalue weighted by Crippen LogP contribution is -2.37. The Bertz CT molecular complexity index is 463. The van der Waals surface area contributed by atoms with Gasteiger partial charge in [-0.2, -0.15) is 13.2 Å². The van der Waals surface area contributed by atoms with Crippen LogP contribution in [0.3, 0.4) is 0 Å². The van der Waals surface area contributed by atoms with Gasteiger partial charge in [0.05, 0.1) is 11.9 Å². The molecule has 1 rings (SSSR count). The molecule has 0 bridgehead atoms. The van der Waals surface area contributed by atoms with E-state index in [1.807, 2.05) is 12.2 Å². The van der Waals surface area contributed by atoms with Crippen molar-refractivity contribution in [1.29, 1.82) is 0 Å². The fraction of sp³-hybridized carbons (Fsp3) is 0.500. The van der Waals surface area contributed by atoms with Crippen molar-refractivity contribution >= 4 is 17.4 Å². The molecule has 1 aromatic rings. The van der Waals surface area contributed by atoms with E-state index in [-0.39, 0.29) is 6.54 Å². The third-order valence-electron chi connectivity index (χ3n) is 2.54. The molecule has 1 heterocycles. The van der Waals surface area contributed by atoms with Gasteiger partial charge in [0.2, 0.25) is 0 Å². The Labute approximate surface area is 114 Å². The number of pyridine rings is 1. The van der Waals surface area contributed by atoms with Crippen LogP contribution in [0.15, 0.2) is 12.3 Å². The number of carbonyl (C=O) groups is 1. The first-order valence-corrected chi connectivity index (χ1v) is 6.11. The molecule has 1 aromatic heterocycles. The number of alkyl halides is 3. The van der Waals surface area contributed by atoms with E-state index < -0.39 is 12.1 Å². The summed E-state index contributed by atoms with van der Waals surface area (Å²) in [6, 6.07) is 1.78. The summed E-state index contributed by atoms with van der Waals surface area (Å²) in [6.45, 7) is 2.41. The molecule has 0 fully saturated rings. The van der Waals surface area contributed by atoms with Gasteiger partial charge in [-0.15, -0.1) is 0 Å². The SMILES string of the molecule is Cc1cc(N)cnc1NCCCCNC(=O)C(F)(F)F. The largest absolute Gasteiger partial charge is 0.471 e. The van der Waals surface area contributed by atoms with Gasteiger partial charge in [0.25, 0.3) is 0 Å². The molecule has 0 aliphatic carbocycles. The van der Waals surface area contributed by atoms with Crippen molar-refractivity contribution < 1.29 is 18.0 Å². The number of nitrogen functional groups attached to an aromatic ring is 1. The number of hydrogen-bond acceptors (Lipinski definition) is 4. The molecule has 1 amide bonds. The lowest BCUT2D eigenvalue weighted by atomic mass is 10.2. The Morgan fingerprint density at radius 2 is 2.00 bits per heavy atom. The van der Waals surface area contributed by atoms with Crippen LogP contribution in [0.4, 0.5) is 24.7 Å². The van der Waals surface area contributed by atoms with Crippen LogP contribution in [0.25, 0.3) is 0 Å². The number of nitrogens with zero attached hydrogens (tertiary/aromatic N) is 1. The third kappa shape index (κ3) is 5.33. The van der Waals surface area contributed by atoms with Gasteiger partial charge in [0.1, 0.15) is 5.82 Å². The molecular formula is C12H17F3N4O. The molecule has 0 spiro atoms. The number of aromatic nitrogens is 1. The van der Waals surface area contributed by atoms with E-state index in [1.165, 1.54) is 6.20 Å². The van der Waals surface area contributed by atoms with Crippen molar-refractivity contribution in [2.24, 2.45) is 0 Å². The molecule has 0 atom stereocenters. The number of aryl methyl sites for hydroxylation is 1. The minimum absolute atomic E-state index is 0.00578. The number of unbranched alkanes of at least 4 members (excludes halogenated alkanes) is 1. The van der Waals surface area contributed by atoms with Crippen molar-refractivity contribution in [1.82, 2.24) is 10.3 Å². The average Bonchev–Trinajstić information content (AvgIpc) is 2.34. The van der Waals surface area contributed by atoms with E-state index >= 15 is 0 Å². The maximum absolute atomic E-state index is 11.9. The quantitative estimate of drug-likeness (QED) is 0.698. The molecule has 0 unspecified atom stereocenters. The van der Waals surface area contributed by atoms with E-state index in [1.54, 1.807) is 6.07 Å². The maximum Gasteiger partial charge on any atom is 0.471 e. The minimum atomic E-state index is -4.82. The summed E-state index contributed by atoms with van der Waals surface area (Å²) >= 11 is 0. The standard InChI is InChI=1S/C12H17F3N4O/c1-8-6-9(16)7-19-10(8)17-4-2-3-5-18-11(20)12(13,14)15/h6-7H,2-5,16H2,1H3,(H,17,19)(H,18,20). The van der Waals surface area contributed by atoms with E-state index in [2.05, 4.69) is 10.3 Å². The second kappa shape index (κ2) is 6.97. The summed E-state index contributed by atoms with van der Waals surface area (Å²) in [6.07, 6.45) is -2.23. The normalized spacial score (nSPS) is 11.2. The zero-order valence-corrected chi connectivity index (χ0v) is 11.0. The molecule has 0 aromatic carbocycles. The molecule has 0 saturated carbocycles. The fourth-order valence-corrected chi connectivity index (χ4v) is 1.54. The van der Waals surface area contributed by atoms with Crippen LogP contribution in [0.5, 0.6) is 0 Å². The number of nitrogens with one attached hydrogen (secondary N) is 2. The van der Waals surface area contributed by atoms with Crippen LogP contribution in [-0.2, 0) is 4.79 Å². The van der Waals surface area contributed by atoms with Crippen LogP contribution in [0.2, 0.25) is 0 Å². The first-order chi connectivity index (χ1) is 9.30. The van der Waals surface area contributed by atoms with Crippen molar-refractivity contribution in [2.75, 3.05) is 24.1 Å². The van der Waals surface area contributed by atoms with Gasteiger partial charge in [-0.25, -0.2) is 4.98 Å². The second-order valence-corrected chi connectivity index (χ2v) is 4.32. The molecule has 0 saturated heterocycles. The van der Waals surface area contributed by atoms with Gasteiger partial charge in [-0.1, -0.05) is 0 Å². The molecule has 112 valence electrons. The summed E-state index contributed by atoms with van der Waals surface area (Å²) in [5.74, 6) is -1.21. The van der Waals surface area contributed by atoms with E-state index in [9.17, 15) is 18.0 Å². The fourth-order valence-electron chi connectivity index (χ4n) is 1.54. The summed E-state index contributed by atoms with van der Waals surface area (Å²) in [5, 5.41) is 4.87. The van der Waals surface area contributed by atoms with Crippen LogP contribution >= 0.6 is 0 Å². The maximum atomic E-state index is 11.9. The van der Waals surface area contributed by atoms with Gasteiger partial charge in [-0.3, -0.25) is 4.79 Å². The monoisotopic (exact) mass is 290 g/mol. The van der Waals surface area contributed by atoms with Crippen molar-refractivity contribution in [3.63, 3.8) is 0 Å². The Balaban J connectivity index is 2.18. The summed E-state index contributed by atoms with van der Waals surface area (Å²) in [4.78, 5) is 14.6. The number of nitrogens with two attached hydrogens (primary N) is 1. The van der Waals surface area contributed by atoms with Crippen LogP contribution < -0.4 is 16.4 Å². The Kier molecular flexibility index (Phi) is 5.60. The van der Waals surface area contributed by atoms with Gasteiger partial charge in [-0.05, 0) is 31.4 Å². The van der Waals surface area contributed by atoms with Gasteiger partial charge < -0.3 is 16.4 Å². The number of carbonyl (C=O) groups excluding carboxylic acids is 1. The zero-order valence-electron chi connectivity index (χ0n) is 11.0. The number of hydrogen-bond donors (Lipinski definition) is 3. The minimum Gasteiger partial charge on any atom is -0.397 e. The second-order valence-electron chi connectivity index (χ2n) is 4.32. The van der Waals surface area contributed by atoms with E-state index in [0.717, 1.165) is 5.56 Å². The molecule has 20 heavy (non-hydrogen) atoms. The average molecular weight is 290 g/mol. The van der Waals surface area contributed by atoms with Crippen molar-refractivity contribution in [2.45, 2.75) is 25.9 Å². The highest BCUT2D eigenvalue weighted by atomic mass is 19.4. The smallest absolute Gasteiger partial charge is 0.397 e. The zero-order chi connectivity index (χ0) is 15.2. The Hall–Kier alpha value is -1.99. The first-order valence-electron chi connectivity index (χ1n) is 6.11. The van der Waals surface area contributed by atoms with Crippen LogP contribution in [0.1, 0.15) is 18.4 Å². The van der Waals surface area contributed by atoms with Crippen molar-refractivity contribution in [3.05, 3.63) is 17.8 Å². The molecule has 0 radical (unpaired) electrons. The molecule has 0 aliphatic heterocycles. The van der Waals surface area contributed by atoms with Gasteiger partial charge in [0.15, 0.2) is 0 Å². The van der Waals surface area contributed by atoms with Crippen LogP contribution in [0, 0.1) is 6.92 Å². The highest BCUT2D eigenvalue weighted by molar-refractivity contribution is 5.81. The van der Waals surface area contributed by atoms with Crippen molar-refractivity contribution in [3.8, 4) is 0 Å². The number of amides is 1. The van der Waals surface area contributed by atoms with Gasteiger partial charge in [0, 0.05) is 13.1 Å². The first kappa shape index (κ1) is 16.1. The summed E-state index contributed by atoms with van der Waals surface area (Å²) in [7, 11) is 0. The molecule has 8 heteroatoms. The predicted octanol–water partition coefficient (Wildman–Crippen LogP) is 1.84. The number of rotatable bonds is 6. The number of anilines is 2.